The van der Waals surface area contributed by atoms with E-state index in [2.05, 4.69) is 15.4 Å². The summed E-state index contributed by atoms with van der Waals surface area (Å²) in [5, 5.41) is 18.3. The molecule has 0 aliphatic heterocycles. The second kappa shape index (κ2) is 7.49. The highest BCUT2D eigenvalue weighted by atomic mass is 32.1. The highest BCUT2D eigenvalue weighted by Crippen LogP contribution is 2.24. The molecule has 9 heteroatoms. The Hall–Kier alpha value is -3.72. The Morgan fingerprint density at radius 1 is 1.18 bits per heavy atom. The number of rotatable bonds is 6. The summed E-state index contributed by atoms with van der Waals surface area (Å²) in [7, 11) is 0. The number of carboxylic acids is 1. The molecule has 0 bridgehead atoms. The van der Waals surface area contributed by atoms with E-state index in [-0.39, 0.29) is 18.0 Å². The fourth-order valence-corrected chi connectivity index (χ4v) is 3.34. The number of aromatic carboxylic acids is 1. The molecule has 0 unspecified atom stereocenters. The van der Waals surface area contributed by atoms with Crippen molar-refractivity contribution in [2.24, 2.45) is 0 Å². The molecule has 0 saturated heterocycles. The molecule has 4 aromatic rings. The number of carbonyl (C=O) groups excluding carboxylic acids is 1. The lowest BCUT2D eigenvalue weighted by Gasteiger charge is -2.06. The van der Waals surface area contributed by atoms with Crippen LogP contribution in [0.5, 0.6) is 0 Å². The molecule has 0 fully saturated rings. The van der Waals surface area contributed by atoms with Crippen molar-refractivity contribution in [3.05, 3.63) is 71.7 Å². The topological polar surface area (TPSA) is 110 Å². The molecule has 8 nitrogen and oxygen atoms in total. The number of benzene rings is 1. The minimum absolute atomic E-state index is 0.0328. The van der Waals surface area contributed by atoms with Gasteiger partial charge in [-0.15, -0.1) is 11.3 Å². The highest BCUT2D eigenvalue weighted by Gasteiger charge is 2.11. The van der Waals surface area contributed by atoms with Gasteiger partial charge in [0.15, 0.2) is 16.5 Å². The Morgan fingerprint density at radius 3 is 2.68 bits per heavy atom. The molecular weight excluding hydrogens is 380 g/mol. The van der Waals surface area contributed by atoms with E-state index in [1.807, 2.05) is 11.4 Å². The number of furan rings is 1. The van der Waals surface area contributed by atoms with Crippen molar-refractivity contribution in [3.63, 3.8) is 0 Å². The number of hydrogen-bond acceptors (Lipinski definition) is 6. The van der Waals surface area contributed by atoms with Crippen LogP contribution in [0, 0.1) is 0 Å². The van der Waals surface area contributed by atoms with Gasteiger partial charge in [-0.25, -0.2) is 14.5 Å². The molecule has 140 valence electrons. The zero-order valence-electron chi connectivity index (χ0n) is 14.4. The SMILES string of the molecule is O=C(Cc1csc(-c2ccco2)n1)Nc1ccc(-n2ccc(C(=O)O)n2)cc1. The van der Waals surface area contributed by atoms with Gasteiger partial charge >= 0.3 is 5.97 Å². The molecule has 0 atom stereocenters. The van der Waals surface area contributed by atoms with Crippen LogP contribution in [0.3, 0.4) is 0 Å². The van der Waals surface area contributed by atoms with Crippen molar-refractivity contribution in [1.82, 2.24) is 14.8 Å². The summed E-state index contributed by atoms with van der Waals surface area (Å²) < 4.78 is 6.76. The van der Waals surface area contributed by atoms with Crippen LogP contribution in [-0.4, -0.2) is 31.7 Å². The van der Waals surface area contributed by atoms with Crippen LogP contribution in [-0.2, 0) is 11.2 Å². The van der Waals surface area contributed by atoms with Crippen molar-refractivity contribution >= 4 is 28.9 Å². The summed E-state index contributed by atoms with van der Waals surface area (Å²) in [6.45, 7) is 0. The van der Waals surface area contributed by atoms with Crippen LogP contribution < -0.4 is 5.32 Å². The number of aromatic nitrogens is 3. The molecule has 0 radical (unpaired) electrons. The van der Waals surface area contributed by atoms with Crippen LogP contribution in [0.1, 0.15) is 16.2 Å². The second-order valence-corrected chi connectivity index (χ2v) is 6.70. The van der Waals surface area contributed by atoms with E-state index in [1.165, 1.54) is 22.1 Å². The van der Waals surface area contributed by atoms with Gasteiger partial charge in [-0.05, 0) is 42.5 Å². The first-order chi connectivity index (χ1) is 13.6. The third-order valence-corrected chi connectivity index (χ3v) is 4.75. The predicted molar refractivity (Wildman–Crippen MR) is 103 cm³/mol. The van der Waals surface area contributed by atoms with Gasteiger partial charge in [0.05, 0.1) is 24.1 Å². The third-order valence-electron chi connectivity index (χ3n) is 3.85. The summed E-state index contributed by atoms with van der Waals surface area (Å²) in [5.74, 6) is -0.590. The number of anilines is 1. The zero-order chi connectivity index (χ0) is 19.5. The fraction of sp³-hybridized carbons (Fsp3) is 0.0526. The van der Waals surface area contributed by atoms with Gasteiger partial charge in [-0.2, -0.15) is 5.10 Å². The maximum absolute atomic E-state index is 12.3. The fourth-order valence-electron chi connectivity index (χ4n) is 2.55. The standard InChI is InChI=1S/C19H14N4O4S/c24-17(10-13-11-28-18(21-13)16-2-1-9-27-16)20-12-3-5-14(6-4-12)23-8-7-15(22-23)19(25)26/h1-9,11H,10H2,(H,20,24)(H,25,26). The molecule has 28 heavy (non-hydrogen) atoms. The van der Waals surface area contributed by atoms with E-state index >= 15 is 0 Å². The molecule has 0 aliphatic carbocycles. The molecular formula is C19H14N4O4S. The second-order valence-electron chi connectivity index (χ2n) is 5.84. The van der Waals surface area contributed by atoms with Gasteiger partial charge in [0, 0.05) is 17.3 Å². The van der Waals surface area contributed by atoms with Crippen LogP contribution in [0.4, 0.5) is 5.69 Å². The summed E-state index contributed by atoms with van der Waals surface area (Å²) in [5.41, 5.74) is 1.95. The normalized spacial score (nSPS) is 10.7. The predicted octanol–water partition coefficient (Wildman–Crippen LogP) is 3.47. The Balaban J connectivity index is 1.38. The number of amides is 1. The van der Waals surface area contributed by atoms with Gasteiger partial charge in [0.2, 0.25) is 5.91 Å². The van der Waals surface area contributed by atoms with Crippen LogP contribution in [0.25, 0.3) is 16.5 Å². The molecule has 3 aromatic heterocycles. The van der Waals surface area contributed by atoms with E-state index in [9.17, 15) is 9.59 Å². The van der Waals surface area contributed by atoms with Crippen LogP contribution >= 0.6 is 11.3 Å². The Kier molecular flexibility index (Phi) is 4.73. The molecule has 1 amide bonds. The maximum atomic E-state index is 12.3. The molecule has 4 rings (SSSR count). The smallest absolute Gasteiger partial charge is 0.356 e. The summed E-state index contributed by atoms with van der Waals surface area (Å²) in [4.78, 5) is 27.6. The van der Waals surface area contributed by atoms with Crippen LogP contribution in [0.15, 0.2) is 64.7 Å². The Morgan fingerprint density at radius 2 is 2.00 bits per heavy atom. The summed E-state index contributed by atoms with van der Waals surface area (Å²) in [6, 6.07) is 12.0. The van der Waals surface area contributed by atoms with Crippen molar-refractivity contribution < 1.29 is 19.1 Å². The molecule has 0 aliphatic rings. The first kappa shape index (κ1) is 17.7. The van der Waals surface area contributed by atoms with E-state index in [0.717, 1.165) is 5.01 Å². The van der Waals surface area contributed by atoms with Crippen molar-refractivity contribution in [2.75, 3.05) is 5.32 Å². The average molecular weight is 394 g/mol. The lowest BCUT2D eigenvalue weighted by Crippen LogP contribution is -2.14. The van der Waals surface area contributed by atoms with Gasteiger partial charge in [0.1, 0.15) is 0 Å². The number of nitrogens with one attached hydrogen (secondary N) is 1. The van der Waals surface area contributed by atoms with Crippen molar-refractivity contribution in [1.29, 1.82) is 0 Å². The summed E-state index contributed by atoms with van der Waals surface area (Å²) in [6.07, 6.45) is 3.30. The third kappa shape index (κ3) is 3.84. The average Bonchev–Trinajstić information content (AvgIpc) is 3.43. The van der Waals surface area contributed by atoms with E-state index in [1.54, 1.807) is 42.8 Å². The minimum Gasteiger partial charge on any atom is -0.476 e. The molecule has 0 spiro atoms. The number of nitrogens with zero attached hydrogens (tertiary/aromatic N) is 3. The van der Waals surface area contributed by atoms with Crippen LogP contribution in [0.2, 0.25) is 0 Å². The van der Waals surface area contributed by atoms with Crippen molar-refractivity contribution in [3.8, 4) is 16.5 Å². The minimum atomic E-state index is -1.08. The van der Waals surface area contributed by atoms with E-state index in [4.69, 9.17) is 9.52 Å². The van der Waals surface area contributed by atoms with E-state index < -0.39 is 5.97 Å². The maximum Gasteiger partial charge on any atom is 0.356 e. The number of carboxylic acid groups (broad SMARTS) is 1. The molecule has 0 saturated carbocycles. The summed E-state index contributed by atoms with van der Waals surface area (Å²) >= 11 is 1.42. The first-order valence-corrected chi connectivity index (χ1v) is 9.14. The lowest BCUT2D eigenvalue weighted by molar-refractivity contribution is -0.115. The molecule has 2 N–H and O–H groups in total. The Bertz CT molecular complexity index is 1110. The van der Waals surface area contributed by atoms with Gasteiger partial charge in [-0.1, -0.05) is 0 Å². The molecule has 1 aromatic carbocycles. The van der Waals surface area contributed by atoms with Gasteiger partial charge in [0.25, 0.3) is 0 Å². The van der Waals surface area contributed by atoms with Crippen molar-refractivity contribution in [2.45, 2.75) is 6.42 Å². The number of thiazole rings is 1. The number of carbonyl (C=O) groups is 2. The highest BCUT2D eigenvalue weighted by molar-refractivity contribution is 7.13. The Labute approximate surface area is 163 Å². The van der Waals surface area contributed by atoms with Gasteiger partial charge in [-0.3, -0.25) is 4.79 Å². The zero-order valence-corrected chi connectivity index (χ0v) is 15.2. The number of hydrogen-bond donors (Lipinski definition) is 2. The van der Waals surface area contributed by atoms with Gasteiger partial charge < -0.3 is 14.8 Å². The molecule has 3 heterocycles. The first-order valence-electron chi connectivity index (χ1n) is 8.26. The largest absolute Gasteiger partial charge is 0.476 e. The lowest BCUT2D eigenvalue weighted by atomic mass is 10.2. The van der Waals surface area contributed by atoms with E-state index in [0.29, 0.717) is 22.8 Å². The quantitative estimate of drug-likeness (QED) is 0.518. The monoisotopic (exact) mass is 394 g/mol.